The Labute approximate surface area is 152 Å². The predicted octanol–water partition coefficient (Wildman–Crippen LogP) is 1.27. The summed E-state index contributed by atoms with van der Waals surface area (Å²) in [7, 11) is 0. The Hall–Kier alpha value is -2.58. The van der Waals surface area contributed by atoms with Gasteiger partial charge in [-0.05, 0) is 40.2 Å². The summed E-state index contributed by atoms with van der Waals surface area (Å²) in [6, 6.07) is 12.4. The molecule has 1 N–H and O–H groups in total. The van der Waals surface area contributed by atoms with E-state index in [4.69, 9.17) is 0 Å². The van der Waals surface area contributed by atoms with E-state index in [0.29, 0.717) is 5.65 Å². The molecule has 1 aromatic carbocycles. The molecule has 0 atom stereocenters. The quantitative estimate of drug-likeness (QED) is 0.716. The van der Waals surface area contributed by atoms with Crippen LogP contribution in [0, 0.1) is 0 Å². The van der Waals surface area contributed by atoms with E-state index in [9.17, 15) is 0 Å². The normalized spacial score (nSPS) is 16.2. The van der Waals surface area contributed by atoms with Gasteiger partial charge >= 0.3 is 0 Å². The van der Waals surface area contributed by atoms with Crippen LogP contribution in [-0.2, 0) is 13.1 Å². The molecule has 0 amide bonds. The minimum absolute atomic E-state index is 0.641. The van der Waals surface area contributed by atoms with Gasteiger partial charge < -0.3 is 10.2 Å². The Morgan fingerprint density at radius 3 is 2.54 bits per heavy atom. The standard InChI is InChI=1S/C18H24N8/c1-2-24-9-11-25(12-10-24)14-16-6-4-3-5-15(16)13-19-17-7-8-18-20-22-23-26(18)21-17/h3-8H,2,9-14H2,1H3,(H,19,21). The largest absolute Gasteiger partial charge is 0.364 e. The van der Waals surface area contributed by atoms with Crippen molar-refractivity contribution in [3.05, 3.63) is 47.5 Å². The van der Waals surface area contributed by atoms with Gasteiger partial charge in [0.05, 0.1) is 0 Å². The monoisotopic (exact) mass is 352 g/mol. The highest BCUT2D eigenvalue weighted by Crippen LogP contribution is 2.15. The van der Waals surface area contributed by atoms with Gasteiger partial charge in [-0.15, -0.1) is 14.8 Å². The Kier molecular flexibility index (Phi) is 5.03. The number of likely N-dealkylation sites (N-methyl/N-ethyl adjacent to an activating group) is 1. The summed E-state index contributed by atoms with van der Waals surface area (Å²) in [4.78, 5) is 5.04. The van der Waals surface area contributed by atoms with Crippen molar-refractivity contribution in [2.75, 3.05) is 38.0 Å². The summed E-state index contributed by atoms with van der Waals surface area (Å²) in [5.74, 6) is 0.760. The van der Waals surface area contributed by atoms with E-state index >= 15 is 0 Å². The molecule has 1 fully saturated rings. The second-order valence-corrected chi connectivity index (χ2v) is 6.58. The first kappa shape index (κ1) is 16.9. The second kappa shape index (κ2) is 7.76. The molecule has 0 spiro atoms. The first-order chi connectivity index (χ1) is 12.8. The van der Waals surface area contributed by atoms with Crippen molar-refractivity contribution in [3.63, 3.8) is 0 Å². The summed E-state index contributed by atoms with van der Waals surface area (Å²) in [5, 5.41) is 19.1. The van der Waals surface area contributed by atoms with Gasteiger partial charge in [0.15, 0.2) is 5.65 Å². The van der Waals surface area contributed by atoms with Crippen molar-refractivity contribution in [2.24, 2.45) is 0 Å². The number of tetrazole rings is 1. The number of fused-ring (bicyclic) bond motifs is 1. The van der Waals surface area contributed by atoms with Crippen molar-refractivity contribution in [2.45, 2.75) is 20.0 Å². The van der Waals surface area contributed by atoms with Gasteiger partial charge in [-0.2, -0.15) is 0 Å². The van der Waals surface area contributed by atoms with Crippen molar-refractivity contribution >= 4 is 11.5 Å². The number of hydrogen-bond donors (Lipinski definition) is 1. The van der Waals surface area contributed by atoms with E-state index in [0.717, 1.165) is 51.6 Å². The zero-order valence-corrected chi connectivity index (χ0v) is 15.0. The Morgan fingerprint density at radius 1 is 0.962 bits per heavy atom. The highest BCUT2D eigenvalue weighted by Gasteiger charge is 2.16. The molecule has 0 unspecified atom stereocenters. The van der Waals surface area contributed by atoms with E-state index in [2.05, 4.69) is 66.9 Å². The summed E-state index contributed by atoms with van der Waals surface area (Å²) in [6.45, 7) is 9.69. The minimum Gasteiger partial charge on any atom is -0.364 e. The SMILES string of the molecule is CCN1CCN(Cc2ccccc2CNc2ccc3nnnn3n2)CC1. The summed E-state index contributed by atoms with van der Waals surface area (Å²) < 4.78 is 1.43. The van der Waals surface area contributed by atoms with Crippen LogP contribution in [0.5, 0.6) is 0 Å². The molecule has 4 rings (SSSR count). The van der Waals surface area contributed by atoms with Gasteiger partial charge in [0, 0.05) is 39.3 Å². The number of hydrogen-bond acceptors (Lipinski definition) is 7. The average molecular weight is 352 g/mol. The number of piperazine rings is 1. The summed E-state index contributed by atoms with van der Waals surface area (Å²) >= 11 is 0. The first-order valence-electron chi connectivity index (χ1n) is 9.12. The van der Waals surface area contributed by atoms with Crippen LogP contribution in [-0.4, -0.2) is 67.8 Å². The zero-order valence-electron chi connectivity index (χ0n) is 15.0. The third-order valence-corrected chi connectivity index (χ3v) is 4.95. The molecule has 1 aliphatic heterocycles. The van der Waals surface area contributed by atoms with Crippen molar-refractivity contribution in [1.82, 2.24) is 35.1 Å². The fraction of sp³-hybridized carbons (Fsp3) is 0.444. The maximum Gasteiger partial charge on any atom is 0.200 e. The second-order valence-electron chi connectivity index (χ2n) is 6.58. The number of nitrogens with one attached hydrogen (secondary N) is 1. The molecule has 8 heteroatoms. The number of aromatic nitrogens is 5. The summed E-state index contributed by atoms with van der Waals surface area (Å²) in [5.41, 5.74) is 3.31. The third-order valence-electron chi connectivity index (χ3n) is 4.95. The Balaban J connectivity index is 1.40. The molecular weight excluding hydrogens is 328 g/mol. The Bertz CT molecular complexity index is 853. The van der Waals surface area contributed by atoms with Crippen LogP contribution in [0.2, 0.25) is 0 Å². The van der Waals surface area contributed by atoms with E-state index in [1.165, 1.54) is 15.8 Å². The molecule has 3 aromatic rings. The van der Waals surface area contributed by atoms with Crippen LogP contribution in [0.25, 0.3) is 5.65 Å². The third kappa shape index (κ3) is 3.81. The van der Waals surface area contributed by atoms with E-state index < -0.39 is 0 Å². The average Bonchev–Trinajstić information content (AvgIpc) is 3.16. The van der Waals surface area contributed by atoms with Crippen molar-refractivity contribution in [1.29, 1.82) is 0 Å². The van der Waals surface area contributed by atoms with Crippen LogP contribution >= 0.6 is 0 Å². The fourth-order valence-corrected chi connectivity index (χ4v) is 3.32. The van der Waals surface area contributed by atoms with Crippen molar-refractivity contribution < 1.29 is 0 Å². The van der Waals surface area contributed by atoms with E-state index in [1.807, 2.05) is 12.1 Å². The lowest BCUT2D eigenvalue weighted by molar-refractivity contribution is 0.131. The molecule has 1 saturated heterocycles. The number of benzene rings is 1. The molecule has 2 aromatic heterocycles. The lowest BCUT2D eigenvalue weighted by atomic mass is 10.1. The fourth-order valence-electron chi connectivity index (χ4n) is 3.32. The van der Waals surface area contributed by atoms with Crippen LogP contribution < -0.4 is 5.32 Å². The molecule has 3 heterocycles. The van der Waals surface area contributed by atoms with Gasteiger partial charge in [-0.25, -0.2) is 0 Å². The van der Waals surface area contributed by atoms with Crippen LogP contribution in [0.3, 0.4) is 0 Å². The van der Waals surface area contributed by atoms with Crippen LogP contribution in [0.4, 0.5) is 5.82 Å². The molecule has 8 nitrogen and oxygen atoms in total. The predicted molar refractivity (Wildman–Crippen MR) is 99.7 cm³/mol. The number of nitrogens with zero attached hydrogens (tertiary/aromatic N) is 7. The number of rotatable bonds is 6. The molecule has 26 heavy (non-hydrogen) atoms. The topological polar surface area (TPSA) is 74.5 Å². The van der Waals surface area contributed by atoms with Crippen LogP contribution in [0.15, 0.2) is 36.4 Å². The maximum atomic E-state index is 4.37. The lowest BCUT2D eigenvalue weighted by Crippen LogP contribution is -2.45. The van der Waals surface area contributed by atoms with Gasteiger partial charge in [-0.3, -0.25) is 4.90 Å². The molecule has 1 aliphatic rings. The zero-order chi connectivity index (χ0) is 17.8. The van der Waals surface area contributed by atoms with Gasteiger partial charge in [-0.1, -0.05) is 31.2 Å². The summed E-state index contributed by atoms with van der Waals surface area (Å²) in [6.07, 6.45) is 0. The number of anilines is 1. The van der Waals surface area contributed by atoms with Gasteiger partial charge in [0.2, 0.25) is 0 Å². The first-order valence-corrected chi connectivity index (χ1v) is 9.12. The molecule has 0 saturated carbocycles. The molecule has 0 bridgehead atoms. The van der Waals surface area contributed by atoms with Crippen molar-refractivity contribution in [3.8, 4) is 0 Å². The molecule has 136 valence electrons. The minimum atomic E-state index is 0.641. The van der Waals surface area contributed by atoms with E-state index in [1.54, 1.807) is 0 Å². The lowest BCUT2D eigenvalue weighted by Gasteiger charge is -2.34. The highest BCUT2D eigenvalue weighted by atomic mass is 15.6. The van der Waals surface area contributed by atoms with Crippen LogP contribution in [0.1, 0.15) is 18.1 Å². The van der Waals surface area contributed by atoms with Gasteiger partial charge in [0.1, 0.15) is 5.82 Å². The van der Waals surface area contributed by atoms with Gasteiger partial charge in [0.25, 0.3) is 0 Å². The smallest absolute Gasteiger partial charge is 0.200 e. The Morgan fingerprint density at radius 2 is 1.73 bits per heavy atom. The molecular formula is C18H24N8. The highest BCUT2D eigenvalue weighted by molar-refractivity contribution is 5.43. The maximum absolute atomic E-state index is 4.37. The van der Waals surface area contributed by atoms with E-state index in [-0.39, 0.29) is 0 Å². The molecule has 0 radical (unpaired) electrons. The molecule has 0 aliphatic carbocycles.